The fraction of sp³-hybridized carbons (Fsp3) is 0.500. The number of likely N-dealkylation sites (tertiary alicyclic amines) is 1. The van der Waals surface area contributed by atoms with Gasteiger partial charge in [0.1, 0.15) is 0 Å². The number of phenolic OH excluding ortho intramolecular Hbond substituents is 1. The Morgan fingerprint density at radius 2 is 2.06 bits per heavy atom. The number of piperidine rings is 1. The average Bonchev–Trinajstić information content (AvgIpc) is 2.29. The Labute approximate surface area is 99.8 Å². The van der Waals surface area contributed by atoms with Crippen LogP contribution in [0.2, 0.25) is 0 Å². The number of hydrogen-bond acceptors (Lipinski definition) is 4. The molecule has 0 atom stereocenters. The third kappa shape index (κ3) is 2.55. The summed E-state index contributed by atoms with van der Waals surface area (Å²) in [5.74, 6) is 0.171. The Bertz CT molecular complexity index is 426. The Hall–Kier alpha value is -1.62. The van der Waals surface area contributed by atoms with Crippen LogP contribution in [0.25, 0.3) is 0 Å². The third-order valence-corrected chi connectivity index (χ3v) is 3.39. The molecule has 0 aromatic heterocycles. The maximum atomic E-state index is 10.6. The fourth-order valence-electron chi connectivity index (χ4n) is 2.29. The molecule has 17 heavy (non-hydrogen) atoms. The third-order valence-electron chi connectivity index (χ3n) is 3.39. The molecule has 0 amide bonds. The Balaban J connectivity index is 2.17. The van der Waals surface area contributed by atoms with Crippen molar-refractivity contribution in [3.8, 4) is 5.75 Å². The first-order valence-corrected chi connectivity index (χ1v) is 5.74. The zero-order valence-corrected chi connectivity index (χ0v) is 9.80. The molecule has 0 aliphatic carbocycles. The molecule has 0 radical (unpaired) electrons. The van der Waals surface area contributed by atoms with E-state index in [0.29, 0.717) is 5.92 Å². The molecular weight excluding hydrogens is 220 g/mol. The van der Waals surface area contributed by atoms with Crippen molar-refractivity contribution in [2.75, 3.05) is 20.1 Å². The molecule has 0 unspecified atom stereocenters. The van der Waals surface area contributed by atoms with Gasteiger partial charge in [0.05, 0.1) is 4.92 Å². The highest BCUT2D eigenvalue weighted by atomic mass is 16.6. The van der Waals surface area contributed by atoms with Crippen molar-refractivity contribution in [2.24, 2.45) is 0 Å². The topological polar surface area (TPSA) is 66.6 Å². The lowest BCUT2D eigenvalue weighted by Crippen LogP contribution is -2.29. The summed E-state index contributed by atoms with van der Waals surface area (Å²) < 4.78 is 0. The van der Waals surface area contributed by atoms with Gasteiger partial charge < -0.3 is 10.0 Å². The van der Waals surface area contributed by atoms with E-state index in [0.717, 1.165) is 31.5 Å². The van der Waals surface area contributed by atoms with Gasteiger partial charge in [-0.15, -0.1) is 0 Å². The lowest BCUT2D eigenvalue weighted by Gasteiger charge is -2.29. The van der Waals surface area contributed by atoms with E-state index in [1.54, 1.807) is 6.07 Å². The normalized spacial score (nSPS) is 18.2. The SMILES string of the molecule is CN1CCC(c2ccc([N+](=O)[O-])c(O)c2)CC1. The van der Waals surface area contributed by atoms with Gasteiger partial charge in [-0.3, -0.25) is 10.1 Å². The van der Waals surface area contributed by atoms with Gasteiger partial charge in [-0.25, -0.2) is 0 Å². The molecule has 1 fully saturated rings. The maximum Gasteiger partial charge on any atom is 0.310 e. The first-order valence-electron chi connectivity index (χ1n) is 5.74. The van der Waals surface area contributed by atoms with Crippen LogP contribution in [0, 0.1) is 10.1 Å². The van der Waals surface area contributed by atoms with Gasteiger partial charge in [-0.1, -0.05) is 6.07 Å². The van der Waals surface area contributed by atoms with Gasteiger partial charge >= 0.3 is 5.69 Å². The number of nitrogens with zero attached hydrogens (tertiary/aromatic N) is 2. The summed E-state index contributed by atoms with van der Waals surface area (Å²) in [6, 6.07) is 4.69. The molecule has 92 valence electrons. The van der Waals surface area contributed by atoms with Crippen molar-refractivity contribution >= 4 is 5.69 Å². The minimum atomic E-state index is -0.562. The van der Waals surface area contributed by atoms with Crippen LogP contribution in [-0.4, -0.2) is 35.1 Å². The molecule has 2 rings (SSSR count). The number of hydrogen-bond donors (Lipinski definition) is 1. The van der Waals surface area contributed by atoms with Crippen molar-refractivity contribution in [1.82, 2.24) is 4.90 Å². The predicted molar refractivity (Wildman–Crippen MR) is 64.2 cm³/mol. The maximum absolute atomic E-state index is 10.6. The molecule has 1 aliphatic rings. The lowest BCUT2D eigenvalue weighted by atomic mass is 9.89. The number of benzene rings is 1. The zero-order chi connectivity index (χ0) is 12.4. The molecular formula is C12H16N2O3. The van der Waals surface area contributed by atoms with E-state index < -0.39 is 4.92 Å². The minimum absolute atomic E-state index is 0.221. The highest BCUT2D eigenvalue weighted by Crippen LogP contribution is 2.33. The molecule has 1 saturated heterocycles. The highest BCUT2D eigenvalue weighted by molar-refractivity contribution is 5.48. The molecule has 1 aliphatic heterocycles. The lowest BCUT2D eigenvalue weighted by molar-refractivity contribution is -0.385. The number of rotatable bonds is 2. The summed E-state index contributed by atoms with van der Waals surface area (Å²) in [6.07, 6.45) is 2.07. The average molecular weight is 236 g/mol. The number of nitro groups is 1. The Kier molecular flexibility index (Phi) is 3.28. The van der Waals surface area contributed by atoms with Crippen molar-refractivity contribution in [1.29, 1.82) is 0 Å². The molecule has 1 heterocycles. The van der Waals surface area contributed by atoms with E-state index in [2.05, 4.69) is 11.9 Å². The van der Waals surface area contributed by atoms with Crippen molar-refractivity contribution < 1.29 is 10.0 Å². The summed E-state index contributed by atoms with van der Waals surface area (Å²) in [6.45, 7) is 2.06. The molecule has 1 aromatic carbocycles. The predicted octanol–water partition coefficient (Wildman–Crippen LogP) is 2.11. The van der Waals surface area contributed by atoms with Gasteiger partial charge in [0.15, 0.2) is 5.75 Å². The summed E-state index contributed by atoms with van der Waals surface area (Å²) in [5.41, 5.74) is 0.780. The number of phenols is 1. The number of nitro benzene ring substituents is 1. The van der Waals surface area contributed by atoms with Crippen LogP contribution < -0.4 is 0 Å². The molecule has 5 heteroatoms. The van der Waals surface area contributed by atoms with Crippen LogP contribution in [-0.2, 0) is 0 Å². The van der Waals surface area contributed by atoms with Gasteiger partial charge in [0.2, 0.25) is 0 Å². The summed E-state index contributed by atoms with van der Waals surface area (Å²) in [4.78, 5) is 12.3. The van der Waals surface area contributed by atoms with Crippen molar-refractivity contribution in [3.05, 3.63) is 33.9 Å². The summed E-state index contributed by atoms with van der Waals surface area (Å²) >= 11 is 0. The molecule has 0 bridgehead atoms. The smallest absolute Gasteiger partial charge is 0.310 e. The van der Waals surface area contributed by atoms with Gasteiger partial charge in [0.25, 0.3) is 0 Å². The van der Waals surface area contributed by atoms with Crippen LogP contribution in [0.5, 0.6) is 5.75 Å². The van der Waals surface area contributed by atoms with E-state index >= 15 is 0 Å². The van der Waals surface area contributed by atoms with Gasteiger partial charge in [-0.2, -0.15) is 0 Å². The van der Waals surface area contributed by atoms with E-state index in [4.69, 9.17) is 0 Å². The van der Waals surface area contributed by atoms with E-state index in [9.17, 15) is 15.2 Å². The monoisotopic (exact) mass is 236 g/mol. The zero-order valence-electron chi connectivity index (χ0n) is 9.80. The van der Waals surface area contributed by atoms with Gasteiger partial charge in [0, 0.05) is 6.07 Å². The van der Waals surface area contributed by atoms with Gasteiger partial charge in [-0.05, 0) is 50.5 Å². The molecule has 0 saturated carbocycles. The minimum Gasteiger partial charge on any atom is -0.502 e. The summed E-state index contributed by atoms with van der Waals surface area (Å²) in [5, 5.41) is 20.2. The molecule has 5 nitrogen and oxygen atoms in total. The highest BCUT2D eigenvalue weighted by Gasteiger charge is 2.21. The first-order chi connectivity index (χ1) is 8.08. The van der Waals surface area contributed by atoms with Crippen LogP contribution in [0.4, 0.5) is 5.69 Å². The van der Waals surface area contributed by atoms with E-state index in [1.807, 2.05) is 0 Å². The first kappa shape index (κ1) is 11.9. The Morgan fingerprint density at radius 1 is 1.41 bits per heavy atom. The van der Waals surface area contributed by atoms with Crippen LogP contribution in [0.3, 0.4) is 0 Å². The van der Waals surface area contributed by atoms with E-state index in [-0.39, 0.29) is 11.4 Å². The van der Waals surface area contributed by atoms with Crippen molar-refractivity contribution in [3.63, 3.8) is 0 Å². The van der Waals surface area contributed by atoms with Crippen LogP contribution in [0.1, 0.15) is 24.3 Å². The van der Waals surface area contributed by atoms with Crippen molar-refractivity contribution in [2.45, 2.75) is 18.8 Å². The molecule has 1 N–H and O–H groups in total. The fourth-order valence-corrected chi connectivity index (χ4v) is 2.29. The van der Waals surface area contributed by atoms with Crippen LogP contribution >= 0.6 is 0 Å². The quantitative estimate of drug-likeness (QED) is 0.630. The second kappa shape index (κ2) is 4.71. The standard InChI is InChI=1S/C12H16N2O3/c1-13-6-4-9(5-7-13)10-2-3-11(14(16)17)12(15)8-10/h2-3,8-9,15H,4-7H2,1H3. The largest absolute Gasteiger partial charge is 0.502 e. The Morgan fingerprint density at radius 3 is 2.59 bits per heavy atom. The van der Waals surface area contributed by atoms with Crippen LogP contribution in [0.15, 0.2) is 18.2 Å². The summed E-state index contributed by atoms with van der Waals surface area (Å²) in [7, 11) is 2.09. The molecule has 0 spiro atoms. The second-order valence-corrected chi connectivity index (χ2v) is 4.58. The number of aromatic hydroxyl groups is 1. The second-order valence-electron chi connectivity index (χ2n) is 4.58. The molecule has 1 aromatic rings. The van der Waals surface area contributed by atoms with E-state index in [1.165, 1.54) is 12.1 Å².